The van der Waals surface area contributed by atoms with Gasteiger partial charge in [-0.2, -0.15) is 0 Å². The first kappa shape index (κ1) is 14.9. The molecule has 6 nitrogen and oxygen atoms in total. The third-order valence-corrected chi connectivity index (χ3v) is 4.34. The number of carbonyl (C=O) groups is 1. The molecule has 1 amide bonds. The highest BCUT2D eigenvalue weighted by Crippen LogP contribution is 2.25. The van der Waals surface area contributed by atoms with Crippen molar-refractivity contribution in [3.8, 4) is 17.2 Å². The quantitative estimate of drug-likeness (QED) is 0.853. The topological polar surface area (TPSA) is 79.5 Å². The second-order valence-electron chi connectivity index (χ2n) is 5.11. The molecular formula is C15H17N3O3S. The number of aromatic hydroxyl groups is 1. The minimum absolute atomic E-state index is 0.193. The summed E-state index contributed by atoms with van der Waals surface area (Å²) < 4.78 is 5.55. The summed E-state index contributed by atoms with van der Waals surface area (Å²) in [6, 6.07) is 6.57. The van der Waals surface area contributed by atoms with Crippen molar-refractivity contribution >= 4 is 17.7 Å². The molecule has 1 fully saturated rings. The maximum absolute atomic E-state index is 11.9. The van der Waals surface area contributed by atoms with Crippen LogP contribution in [0.25, 0.3) is 11.5 Å². The number of phenols is 1. The van der Waals surface area contributed by atoms with Gasteiger partial charge in [-0.25, -0.2) is 0 Å². The van der Waals surface area contributed by atoms with Gasteiger partial charge >= 0.3 is 0 Å². The van der Waals surface area contributed by atoms with Gasteiger partial charge in [0.1, 0.15) is 5.75 Å². The summed E-state index contributed by atoms with van der Waals surface area (Å²) in [6.45, 7) is 1.77. The first-order chi connectivity index (χ1) is 10.7. The number of carbonyl (C=O) groups excluding carboxylic acids is 1. The van der Waals surface area contributed by atoms with E-state index in [4.69, 9.17) is 4.42 Å². The molecule has 1 saturated heterocycles. The Labute approximate surface area is 132 Å². The number of rotatable bonds is 5. The van der Waals surface area contributed by atoms with E-state index in [-0.39, 0.29) is 11.7 Å². The predicted molar refractivity (Wildman–Crippen MR) is 82.6 cm³/mol. The lowest BCUT2D eigenvalue weighted by Crippen LogP contribution is -2.27. The fourth-order valence-electron chi connectivity index (χ4n) is 2.34. The second kappa shape index (κ2) is 6.83. The van der Waals surface area contributed by atoms with Crippen LogP contribution in [0.15, 0.2) is 33.9 Å². The van der Waals surface area contributed by atoms with E-state index in [2.05, 4.69) is 10.2 Å². The Morgan fingerprint density at radius 1 is 1.23 bits per heavy atom. The molecule has 0 atom stereocenters. The summed E-state index contributed by atoms with van der Waals surface area (Å²) in [6.07, 6.45) is 2.71. The van der Waals surface area contributed by atoms with Crippen molar-refractivity contribution in [2.45, 2.75) is 24.5 Å². The van der Waals surface area contributed by atoms with Crippen LogP contribution in [0.5, 0.6) is 5.75 Å². The number of amides is 1. The van der Waals surface area contributed by atoms with Crippen molar-refractivity contribution in [2.24, 2.45) is 0 Å². The van der Waals surface area contributed by atoms with Gasteiger partial charge in [-0.1, -0.05) is 11.8 Å². The number of phenolic OH excluding ortho intramolecular Hbond substituents is 1. The highest BCUT2D eigenvalue weighted by molar-refractivity contribution is 7.99. The summed E-state index contributed by atoms with van der Waals surface area (Å²) >= 11 is 1.39. The van der Waals surface area contributed by atoms with Gasteiger partial charge in [0, 0.05) is 30.8 Å². The van der Waals surface area contributed by atoms with E-state index in [1.54, 1.807) is 24.3 Å². The SMILES string of the molecule is O=C(CCSc1nnc(-c2ccc(O)cc2)o1)N1CCCC1. The molecule has 0 aliphatic carbocycles. The largest absolute Gasteiger partial charge is 0.508 e. The number of likely N-dealkylation sites (tertiary alicyclic amines) is 1. The Hall–Kier alpha value is -2.02. The van der Waals surface area contributed by atoms with E-state index < -0.39 is 0 Å². The summed E-state index contributed by atoms with van der Waals surface area (Å²) in [7, 11) is 0. The van der Waals surface area contributed by atoms with Crippen LogP contribution in [0.2, 0.25) is 0 Å². The average molecular weight is 319 g/mol. The minimum Gasteiger partial charge on any atom is -0.508 e. The van der Waals surface area contributed by atoms with Crippen molar-refractivity contribution in [3.63, 3.8) is 0 Å². The predicted octanol–water partition coefficient (Wildman–Crippen LogP) is 2.55. The number of hydrogen-bond acceptors (Lipinski definition) is 6. The van der Waals surface area contributed by atoms with Gasteiger partial charge < -0.3 is 14.4 Å². The van der Waals surface area contributed by atoms with Crippen LogP contribution in [0.4, 0.5) is 0 Å². The monoisotopic (exact) mass is 319 g/mol. The molecule has 0 bridgehead atoms. The molecule has 1 aliphatic heterocycles. The van der Waals surface area contributed by atoms with E-state index in [0.29, 0.717) is 23.3 Å². The maximum atomic E-state index is 11.9. The molecule has 3 rings (SSSR count). The number of benzene rings is 1. The van der Waals surface area contributed by atoms with Gasteiger partial charge in [0.15, 0.2) is 0 Å². The third kappa shape index (κ3) is 3.59. The van der Waals surface area contributed by atoms with Crippen LogP contribution < -0.4 is 0 Å². The molecule has 0 saturated carbocycles. The molecule has 1 N–H and O–H groups in total. The zero-order valence-electron chi connectivity index (χ0n) is 12.1. The van der Waals surface area contributed by atoms with Gasteiger partial charge in [-0.3, -0.25) is 4.79 Å². The van der Waals surface area contributed by atoms with E-state index in [1.165, 1.54) is 11.8 Å². The molecule has 0 unspecified atom stereocenters. The Morgan fingerprint density at radius 3 is 2.68 bits per heavy atom. The first-order valence-electron chi connectivity index (χ1n) is 7.26. The van der Waals surface area contributed by atoms with Gasteiger partial charge in [0.25, 0.3) is 5.22 Å². The number of thioether (sulfide) groups is 1. The van der Waals surface area contributed by atoms with Crippen molar-refractivity contribution < 1.29 is 14.3 Å². The standard InChI is InChI=1S/C15H17N3O3S/c19-12-5-3-11(4-6-12)14-16-17-15(21-14)22-10-7-13(20)18-8-1-2-9-18/h3-6,19H,1-2,7-10H2. The van der Waals surface area contributed by atoms with Crippen LogP contribution in [-0.2, 0) is 4.79 Å². The summed E-state index contributed by atoms with van der Waals surface area (Å²) in [5.41, 5.74) is 0.755. The summed E-state index contributed by atoms with van der Waals surface area (Å²) in [4.78, 5) is 13.8. The van der Waals surface area contributed by atoms with Gasteiger partial charge in [0.05, 0.1) is 0 Å². The van der Waals surface area contributed by atoms with Crippen LogP contribution in [0.1, 0.15) is 19.3 Å². The molecule has 7 heteroatoms. The first-order valence-corrected chi connectivity index (χ1v) is 8.24. The van der Waals surface area contributed by atoms with E-state index in [0.717, 1.165) is 31.5 Å². The molecule has 1 aromatic carbocycles. The molecule has 2 aromatic rings. The average Bonchev–Trinajstić information content (AvgIpc) is 3.19. The van der Waals surface area contributed by atoms with Gasteiger partial charge in [-0.15, -0.1) is 10.2 Å². The lowest BCUT2D eigenvalue weighted by Gasteiger charge is -2.14. The Bertz CT molecular complexity index is 636. The van der Waals surface area contributed by atoms with Crippen LogP contribution in [-0.4, -0.2) is 45.0 Å². The highest BCUT2D eigenvalue weighted by Gasteiger charge is 2.18. The molecule has 2 heterocycles. The fraction of sp³-hybridized carbons (Fsp3) is 0.400. The maximum Gasteiger partial charge on any atom is 0.276 e. The van der Waals surface area contributed by atoms with Gasteiger partial charge in [-0.05, 0) is 37.1 Å². The number of hydrogen-bond donors (Lipinski definition) is 1. The third-order valence-electron chi connectivity index (χ3n) is 3.52. The zero-order valence-corrected chi connectivity index (χ0v) is 12.9. The van der Waals surface area contributed by atoms with Crippen LogP contribution >= 0.6 is 11.8 Å². The van der Waals surface area contributed by atoms with Crippen molar-refractivity contribution in [1.29, 1.82) is 0 Å². The van der Waals surface area contributed by atoms with E-state index >= 15 is 0 Å². The molecule has 22 heavy (non-hydrogen) atoms. The summed E-state index contributed by atoms with van der Waals surface area (Å²) in [5.74, 6) is 1.43. The number of aromatic nitrogens is 2. The summed E-state index contributed by atoms with van der Waals surface area (Å²) in [5, 5.41) is 17.7. The molecule has 116 valence electrons. The molecule has 1 aromatic heterocycles. The van der Waals surface area contributed by atoms with Crippen LogP contribution in [0.3, 0.4) is 0 Å². The Kier molecular flexibility index (Phi) is 4.62. The van der Waals surface area contributed by atoms with Gasteiger partial charge in [0.2, 0.25) is 11.8 Å². The Balaban J connectivity index is 1.51. The lowest BCUT2D eigenvalue weighted by atomic mass is 10.2. The number of nitrogens with zero attached hydrogens (tertiary/aromatic N) is 3. The molecule has 1 aliphatic rings. The Morgan fingerprint density at radius 2 is 1.95 bits per heavy atom. The molecule has 0 radical (unpaired) electrons. The van der Waals surface area contributed by atoms with E-state index in [1.807, 2.05) is 4.90 Å². The van der Waals surface area contributed by atoms with Crippen molar-refractivity contribution in [2.75, 3.05) is 18.8 Å². The minimum atomic E-state index is 0.193. The zero-order chi connectivity index (χ0) is 15.4. The molecule has 0 spiro atoms. The molecular weight excluding hydrogens is 302 g/mol. The van der Waals surface area contributed by atoms with E-state index in [9.17, 15) is 9.90 Å². The highest BCUT2D eigenvalue weighted by atomic mass is 32.2. The smallest absolute Gasteiger partial charge is 0.276 e. The normalized spacial score (nSPS) is 14.5. The van der Waals surface area contributed by atoms with Crippen molar-refractivity contribution in [1.82, 2.24) is 15.1 Å². The van der Waals surface area contributed by atoms with Crippen molar-refractivity contribution in [3.05, 3.63) is 24.3 Å². The fourth-order valence-corrected chi connectivity index (χ4v) is 3.03. The second-order valence-corrected chi connectivity index (χ2v) is 6.15. The lowest BCUT2D eigenvalue weighted by molar-refractivity contribution is -0.129. The van der Waals surface area contributed by atoms with Crippen LogP contribution in [0, 0.1) is 0 Å².